The van der Waals surface area contributed by atoms with Gasteiger partial charge < -0.3 is 25.2 Å². The van der Waals surface area contributed by atoms with Crippen LogP contribution in [-0.4, -0.2) is 54.8 Å². The quantitative estimate of drug-likeness (QED) is 0.419. The van der Waals surface area contributed by atoms with E-state index in [1.54, 1.807) is 0 Å². The van der Waals surface area contributed by atoms with Gasteiger partial charge in [-0.3, -0.25) is 9.59 Å². The number of fused-ring (bicyclic) bond motifs is 3. The van der Waals surface area contributed by atoms with E-state index in [0.29, 0.717) is 12.8 Å². The summed E-state index contributed by atoms with van der Waals surface area (Å²) in [6.07, 6.45) is -0.188. The fourth-order valence-electron chi connectivity index (χ4n) is 4.23. The number of aliphatic carboxylic acids is 1. The van der Waals surface area contributed by atoms with Crippen molar-refractivity contribution in [3.63, 3.8) is 0 Å². The van der Waals surface area contributed by atoms with E-state index in [2.05, 4.69) is 15.4 Å². The molecule has 0 aliphatic heterocycles. The minimum absolute atomic E-state index is 0.0944. The number of alkyl carbamates (subject to hydrolysis) is 1. The number of nitrogens with one attached hydrogen (secondary N) is 2. The normalized spacial score (nSPS) is 13.7. The van der Waals surface area contributed by atoms with Gasteiger partial charge in [0.15, 0.2) is 0 Å². The fourth-order valence-corrected chi connectivity index (χ4v) is 4.23. The Morgan fingerprint density at radius 2 is 1.51 bits per heavy atom. The summed E-state index contributed by atoms with van der Waals surface area (Å²) < 4.78 is 10.0. The number of carboxylic acids is 1. The predicted octanol–water partition coefficient (Wildman–Crippen LogP) is 3.22. The molecule has 3 rings (SSSR count). The SMILES string of the molecule is CCC[C@H](NC(=O)OCC1c2ccccc2-c2ccccc21)C(=O)N[C@H](CCC(=O)OC)C(=O)O. The van der Waals surface area contributed by atoms with Gasteiger partial charge in [-0.15, -0.1) is 0 Å². The second kappa shape index (κ2) is 12.0. The lowest BCUT2D eigenvalue weighted by Gasteiger charge is -2.21. The van der Waals surface area contributed by atoms with Crippen LogP contribution in [0.3, 0.4) is 0 Å². The van der Waals surface area contributed by atoms with Gasteiger partial charge in [-0.05, 0) is 35.1 Å². The Labute approximate surface area is 203 Å². The zero-order chi connectivity index (χ0) is 25.4. The number of carbonyl (C=O) groups excluding carboxylic acids is 3. The molecule has 9 nitrogen and oxygen atoms in total. The second-order valence-electron chi connectivity index (χ2n) is 8.33. The van der Waals surface area contributed by atoms with Crippen LogP contribution in [0.15, 0.2) is 48.5 Å². The summed E-state index contributed by atoms with van der Waals surface area (Å²) in [5.74, 6) is -2.63. The van der Waals surface area contributed by atoms with Gasteiger partial charge in [-0.25, -0.2) is 9.59 Å². The van der Waals surface area contributed by atoms with Crippen molar-refractivity contribution >= 4 is 23.9 Å². The zero-order valence-electron chi connectivity index (χ0n) is 19.8. The van der Waals surface area contributed by atoms with Crippen LogP contribution < -0.4 is 10.6 Å². The molecule has 2 atom stereocenters. The lowest BCUT2D eigenvalue weighted by atomic mass is 9.98. The van der Waals surface area contributed by atoms with Crippen molar-refractivity contribution in [2.45, 2.75) is 50.6 Å². The second-order valence-corrected chi connectivity index (χ2v) is 8.33. The maximum atomic E-state index is 12.7. The molecule has 0 radical (unpaired) electrons. The van der Waals surface area contributed by atoms with Crippen molar-refractivity contribution in [2.24, 2.45) is 0 Å². The average Bonchev–Trinajstić information content (AvgIpc) is 3.18. The first kappa shape index (κ1) is 25.7. The Morgan fingerprint density at radius 3 is 2.06 bits per heavy atom. The number of hydrogen-bond donors (Lipinski definition) is 3. The number of methoxy groups -OCH3 is 1. The maximum Gasteiger partial charge on any atom is 0.407 e. The van der Waals surface area contributed by atoms with Crippen molar-refractivity contribution in [1.82, 2.24) is 10.6 Å². The van der Waals surface area contributed by atoms with E-state index in [1.165, 1.54) is 7.11 Å². The number of benzene rings is 2. The molecule has 0 heterocycles. The van der Waals surface area contributed by atoms with Gasteiger partial charge in [-0.2, -0.15) is 0 Å². The number of carbonyl (C=O) groups is 4. The molecular formula is C26H30N2O7. The van der Waals surface area contributed by atoms with Gasteiger partial charge >= 0.3 is 18.0 Å². The molecule has 9 heteroatoms. The molecule has 1 aliphatic carbocycles. The summed E-state index contributed by atoms with van der Waals surface area (Å²) in [6, 6.07) is 13.6. The molecule has 0 saturated heterocycles. The van der Waals surface area contributed by atoms with Gasteiger partial charge in [0.05, 0.1) is 7.11 Å². The molecule has 1 aliphatic rings. The maximum absolute atomic E-state index is 12.7. The molecule has 2 amide bonds. The van der Waals surface area contributed by atoms with E-state index < -0.39 is 36.0 Å². The highest BCUT2D eigenvalue weighted by atomic mass is 16.5. The Morgan fingerprint density at radius 1 is 0.914 bits per heavy atom. The first-order valence-electron chi connectivity index (χ1n) is 11.6. The summed E-state index contributed by atoms with van der Waals surface area (Å²) >= 11 is 0. The monoisotopic (exact) mass is 482 g/mol. The third-order valence-corrected chi connectivity index (χ3v) is 6.01. The lowest BCUT2D eigenvalue weighted by Crippen LogP contribution is -2.51. The van der Waals surface area contributed by atoms with E-state index in [-0.39, 0.29) is 25.4 Å². The molecule has 186 valence electrons. The Bertz CT molecular complexity index is 1040. The van der Waals surface area contributed by atoms with Crippen molar-refractivity contribution in [1.29, 1.82) is 0 Å². The van der Waals surface area contributed by atoms with Crippen molar-refractivity contribution in [3.05, 3.63) is 59.7 Å². The standard InChI is InChI=1S/C26H30N2O7/c1-3-8-21(24(30)27-22(25(31)32)13-14-23(29)34-2)28-26(33)35-15-20-18-11-6-4-9-16(18)17-10-5-7-12-19(17)20/h4-7,9-12,20-22H,3,8,13-15H2,1-2H3,(H,27,30)(H,28,33)(H,31,32)/t21-,22+/m0/s1. The minimum atomic E-state index is -1.29. The number of esters is 1. The molecule has 2 aromatic carbocycles. The topological polar surface area (TPSA) is 131 Å². The molecule has 0 saturated carbocycles. The van der Waals surface area contributed by atoms with Crippen molar-refractivity contribution in [2.75, 3.05) is 13.7 Å². The number of hydrogen-bond acceptors (Lipinski definition) is 6. The Hall–Kier alpha value is -3.88. The third kappa shape index (κ3) is 6.38. The van der Waals surface area contributed by atoms with E-state index in [0.717, 1.165) is 22.3 Å². The van der Waals surface area contributed by atoms with Crippen LogP contribution in [0.4, 0.5) is 4.79 Å². The third-order valence-electron chi connectivity index (χ3n) is 6.01. The fraction of sp³-hybridized carbons (Fsp3) is 0.385. The molecule has 0 spiro atoms. The molecule has 0 unspecified atom stereocenters. The molecular weight excluding hydrogens is 452 g/mol. The van der Waals surface area contributed by atoms with Crippen LogP contribution >= 0.6 is 0 Å². The summed E-state index contributed by atoms with van der Waals surface area (Å²) in [5.41, 5.74) is 4.34. The van der Waals surface area contributed by atoms with E-state index in [1.807, 2.05) is 55.5 Å². The first-order chi connectivity index (χ1) is 16.8. The molecule has 0 aromatic heterocycles. The van der Waals surface area contributed by atoms with E-state index >= 15 is 0 Å². The number of amides is 2. The molecule has 0 fully saturated rings. The first-order valence-corrected chi connectivity index (χ1v) is 11.6. The van der Waals surface area contributed by atoms with Crippen molar-refractivity contribution in [3.8, 4) is 11.1 Å². The van der Waals surface area contributed by atoms with Crippen molar-refractivity contribution < 1.29 is 33.8 Å². The summed E-state index contributed by atoms with van der Waals surface area (Å²) in [4.78, 5) is 48.2. The Balaban J connectivity index is 1.61. The largest absolute Gasteiger partial charge is 0.480 e. The molecule has 2 aromatic rings. The number of carboxylic acid groups (broad SMARTS) is 1. The molecule has 3 N–H and O–H groups in total. The smallest absolute Gasteiger partial charge is 0.407 e. The zero-order valence-corrected chi connectivity index (χ0v) is 19.8. The number of rotatable bonds is 11. The number of ether oxygens (including phenoxy) is 2. The van der Waals surface area contributed by atoms with E-state index in [9.17, 15) is 24.3 Å². The Kier molecular flexibility index (Phi) is 8.83. The van der Waals surface area contributed by atoms with Gasteiger partial charge in [0.25, 0.3) is 0 Å². The molecule has 0 bridgehead atoms. The summed E-state index contributed by atoms with van der Waals surface area (Å²) in [7, 11) is 1.20. The highest BCUT2D eigenvalue weighted by Crippen LogP contribution is 2.44. The average molecular weight is 483 g/mol. The van der Waals surface area contributed by atoms with Gasteiger partial charge in [-0.1, -0.05) is 61.9 Å². The molecule has 35 heavy (non-hydrogen) atoms. The van der Waals surface area contributed by atoms with Crippen LogP contribution in [0.2, 0.25) is 0 Å². The van der Waals surface area contributed by atoms with Gasteiger partial charge in [0.1, 0.15) is 18.7 Å². The van der Waals surface area contributed by atoms with Crippen LogP contribution in [0.1, 0.15) is 49.7 Å². The highest BCUT2D eigenvalue weighted by molar-refractivity contribution is 5.89. The van der Waals surface area contributed by atoms with Crippen LogP contribution in [0.5, 0.6) is 0 Å². The van der Waals surface area contributed by atoms with Crippen LogP contribution in [-0.2, 0) is 23.9 Å². The van der Waals surface area contributed by atoms with E-state index in [4.69, 9.17) is 4.74 Å². The van der Waals surface area contributed by atoms with Gasteiger partial charge in [0.2, 0.25) is 5.91 Å². The highest BCUT2D eigenvalue weighted by Gasteiger charge is 2.30. The van der Waals surface area contributed by atoms with Crippen LogP contribution in [0.25, 0.3) is 11.1 Å². The summed E-state index contributed by atoms with van der Waals surface area (Å²) in [5, 5.41) is 14.3. The predicted molar refractivity (Wildman–Crippen MR) is 128 cm³/mol. The van der Waals surface area contributed by atoms with Crippen LogP contribution in [0, 0.1) is 0 Å². The lowest BCUT2D eigenvalue weighted by molar-refractivity contribution is -0.144. The van der Waals surface area contributed by atoms with Gasteiger partial charge in [0, 0.05) is 12.3 Å². The summed E-state index contributed by atoms with van der Waals surface area (Å²) in [6.45, 7) is 1.93. The minimum Gasteiger partial charge on any atom is -0.480 e.